The molecule has 3 rings (SSSR count). The van der Waals surface area contributed by atoms with Crippen LogP contribution >= 0.6 is 0 Å². The number of hydrogen-bond acceptors (Lipinski definition) is 3. The third-order valence-electron chi connectivity index (χ3n) is 5.98. The predicted octanol–water partition coefficient (Wildman–Crippen LogP) is 6.13. The summed E-state index contributed by atoms with van der Waals surface area (Å²) in [6, 6.07) is 8.32. The Morgan fingerprint density at radius 3 is 2.47 bits per heavy atom. The highest BCUT2D eigenvalue weighted by Crippen LogP contribution is 2.45. The number of rotatable bonds is 6. The smallest absolute Gasteiger partial charge is 0.422 e. The van der Waals surface area contributed by atoms with E-state index in [9.17, 15) is 27.9 Å². The number of ether oxygens (including phenoxy) is 1. The van der Waals surface area contributed by atoms with Crippen molar-refractivity contribution in [3.63, 3.8) is 0 Å². The van der Waals surface area contributed by atoms with Gasteiger partial charge in [-0.1, -0.05) is 26.0 Å². The molecule has 1 heterocycles. The lowest BCUT2D eigenvalue weighted by Gasteiger charge is -2.39. The highest BCUT2D eigenvalue weighted by Gasteiger charge is 2.37. The van der Waals surface area contributed by atoms with Crippen molar-refractivity contribution in [2.45, 2.75) is 52.6 Å². The minimum atomic E-state index is -4.52. The minimum absolute atomic E-state index is 0.0166. The number of alkyl halides is 3. The van der Waals surface area contributed by atoms with E-state index >= 15 is 0 Å². The van der Waals surface area contributed by atoms with E-state index < -0.39 is 18.8 Å². The fourth-order valence-electron chi connectivity index (χ4n) is 4.25. The van der Waals surface area contributed by atoms with Gasteiger partial charge in [-0.25, -0.2) is 4.79 Å². The standard InChI is InChI=1S/C26H28F3NO4/c1-6-30-21-12-18(15(2)10-20(21)25(4,5)13-23(30)31)19-11-17(9-16(3)24(32)33)7-8-22(19)34-14-26(27,28)29/h7-12H,6,13-14H2,1-5H3,(H,32,33). The third kappa shape index (κ3) is 5.26. The van der Waals surface area contributed by atoms with Crippen molar-refractivity contribution in [2.24, 2.45) is 0 Å². The first kappa shape index (κ1) is 25.3. The number of nitrogens with zero attached hydrogens (tertiary/aromatic N) is 1. The Labute approximate surface area is 196 Å². The summed E-state index contributed by atoms with van der Waals surface area (Å²) in [4.78, 5) is 25.7. The molecule has 0 unspecified atom stereocenters. The highest BCUT2D eigenvalue weighted by molar-refractivity contribution is 5.99. The van der Waals surface area contributed by atoms with Gasteiger partial charge in [-0.05, 0) is 67.3 Å². The molecule has 1 amide bonds. The Hall–Kier alpha value is -3.29. The largest absolute Gasteiger partial charge is 0.483 e. The molecule has 0 bridgehead atoms. The minimum Gasteiger partial charge on any atom is -0.483 e. The van der Waals surface area contributed by atoms with Crippen LogP contribution in [0.3, 0.4) is 0 Å². The molecule has 0 fully saturated rings. The van der Waals surface area contributed by atoms with E-state index in [-0.39, 0.29) is 22.6 Å². The molecule has 8 heteroatoms. The van der Waals surface area contributed by atoms with E-state index in [1.807, 2.05) is 39.8 Å². The lowest BCUT2D eigenvalue weighted by atomic mass is 9.75. The average Bonchev–Trinajstić information content (AvgIpc) is 2.72. The Kier molecular flexibility index (Phi) is 6.82. The molecule has 0 atom stereocenters. The zero-order chi connectivity index (χ0) is 25.4. The maximum absolute atomic E-state index is 12.9. The van der Waals surface area contributed by atoms with Crippen molar-refractivity contribution in [3.8, 4) is 16.9 Å². The van der Waals surface area contributed by atoms with E-state index in [2.05, 4.69) is 0 Å². The van der Waals surface area contributed by atoms with Crippen molar-refractivity contribution in [2.75, 3.05) is 18.1 Å². The molecule has 0 spiro atoms. The number of amides is 1. The number of hydrogen-bond donors (Lipinski definition) is 1. The van der Waals surface area contributed by atoms with Crippen molar-refractivity contribution in [3.05, 3.63) is 52.6 Å². The Morgan fingerprint density at radius 2 is 1.88 bits per heavy atom. The second kappa shape index (κ2) is 9.16. The summed E-state index contributed by atoms with van der Waals surface area (Å²) in [5, 5.41) is 9.21. The van der Waals surface area contributed by atoms with Gasteiger partial charge in [-0.2, -0.15) is 13.2 Å². The molecule has 34 heavy (non-hydrogen) atoms. The SMILES string of the molecule is CCN1C(=O)CC(C)(C)c2cc(C)c(-c3cc(C=C(C)C(=O)O)ccc3OCC(F)(F)F)cc21. The maximum Gasteiger partial charge on any atom is 0.422 e. The molecular formula is C26H28F3NO4. The number of carbonyl (C=O) groups is 2. The second-order valence-corrected chi connectivity index (χ2v) is 9.17. The van der Waals surface area contributed by atoms with E-state index in [0.717, 1.165) is 11.1 Å². The van der Waals surface area contributed by atoms with Gasteiger partial charge in [0.2, 0.25) is 5.91 Å². The second-order valence-electron chi connectivity index (χ2n) is 9.17. The number of aryl methyl sites for hydroxylation is 1. The van der Waals surface area contributed by atoms with E-state index in [0.29, 0.717) is 35.3 Å². The number of aliphatic carboxylic acids is 1. The van der Waals surface area contributed by atoms with Crippen LogP contribution in [0.1, 0.15) is 50.8 Å². The summed E-state index contributed by atoms with van der Waals surface area (Å²) in [6.45, 7) is 8.16. The van der Waals surface area contributed by atoms with Crippen LogP contribution in [0.5, 0.6) is 5.75 Å². The Morgan fingerprint density at radius 1 is 1.21 bits per heavy atom. The molecule has 0 radical (unpaired) electrons. The van der Waals surface area contributed by atoms with E-state index in [4.69, 9.17) is 4.74 Å². The zero-order valence-electron chi connectivity index (χ0n) is 19.8. The summed E-state index contributed by atoms with van der Waals surface area (Å²) >= 11 is 0. The van der Waals surface area contributed by atoms with E-state index in [1.54, 1.807) is 11.0 Å². The van der Waals surface area contributed by atoms with Gasteiger partial charge in [0, 0.05) is 35.2 Å². The van der Waals surface area contributed by atoms with Gasteiger partial charge in [0.15, 0.2) is 6.61 Å². The molecule has 5 nitrogen and oxygen atoms in total. The molecule has 0 aromatic heterocycles. The molecule has 182 valence electrons. The van der Waals surface area contributed by atoms with Crippen molar-refractivity contribution < 1.29 is 32.6 Å². The average molecular weight is 476 g/mol. The molecule has 1 aliphatic rings. The first-order chi connectivity index (χ1) is 15.7. The first-order valence-corrected chi connectivity index (χ1v) is 10.9. The van der Waals surface area contributed by atoms with Gasteiger partial charge >= 0.3 is 12.1 Å². The maximum atomic E-state index is 12.9. The number of carboxylic acid groups (broad SMARTS) is 1. The first-order valence-electron chi connectivity index (χ1n) is 10.9. The summed E-state index contributed by atoms with van der Waals surface area (Å²) in [6.07, 6.45) is -2.71. The molecule has 0 aliphatic carbocycles. The van der Waals surface area contributed by atoms with Crippen LogP contribution in [0.25, 0.3) is 17.2 Å². The fraction of sp³-hybridized carbons (Fsp3) is 0.385. The van der Waals surface area contributed by atoms with Gasteiger partial charge in [-0.15, -0.1) is 0 Å². The molecule has 1 aliphatic heterocycles. The number of carbonyl (C=O) groups excluding carboxylic acids is 1. The lowest BCUT2D eigenvalue weighted by Crippen LogP contribution is -2.41. The summed E-state index contributed by atoms with van der Waals surface area (Å²) in [5.74, 6) is -1.09. The van der Waals surface area contributed by atoms with Gasteiger partial charge < -0.3 is 14.7 Å². The molecule has 0 saturated carbocycles. The summed E-state index contributed by atoms with van der Waals surface area (Å²) in [7, 11) is 0. The summed E-state index contributed by atoms with van der Waals surface area (Å²) < 4.78 is 43.8. The van der Waals surface area contributed by atoms with Gasteiger partial charge in [0.05, 0.1) is 0 Å². The monoisotopic (exact) mass is 475 g/mol. The highest BCUT2D eigenvalue weighted by atomic mass is 19.4. The van der Waals surface area contributed by atoms with Crippen LogP contribution in [-0.4, -0.2) is 36.3 Å². The van der Waals surface area contributed by atoms with Gasteiger partial charge in [0.1, 0.15) is 5.75 Å². The zero-order valence-corrected chi connectivity index (χ0v) is 19.8. The molecule has 0 saturated heterocycles. The van der Waals surface area contributed by atoms with Gasteiger partial charge in [0.25, 0.3) is 0 Å². The van der Waals surface area contributed by atoms with Crippen LogP contribution in [0.2, 0.25) is 0 Å². The van der Waals surface area contributed by atoms with Crippen molar-refractivity contribution in [1.82, 2.24) is 0 Å². The van der Waals surface area contributed by atoms with Crippen LogP contribution in [0.4, 0.5) is 18.9 Å². The number of carboxylic acids is 1. The molecular weight excluding hydrogens is 447 g/mol. The normalized spacial score (nSPS) is 15.8. The van der Waals surface area contributed by atoms with Gasteiger partial charge in [-0.3, -0.25) is 4.79 Å². The molecule has 2 aromatic carbocycles. The quantitative estimate of drug-likeness (QED) is 0.511. The molecule has 1 N–H and O–H groups in total. The molecule has 2 aromatic rings. The van der Waals surface area contributed by atoms with Crippen molar-refractivity contribution in [1.29, 1.82) is 0 Å². The Balaban J connectivity index is 2.23. The summed E-state index contributed by atoms with van der Waals surface area (Å²) in [5.41, 5.74) is 3.73. The number of halogens is 3. The van der Waals surface area contributed by atoms with E-state index in [1.165, 1.54) is 25.1 Å². The predicted molar refractivity (Wildman–Crippen MR) is 125 cm³/mol. The van der Waals surface area contributed by atoms with Crippen LogP contribution in [0, 0.1) is 6.92 Å². The number of fused-ring (bicyclic) bond motifs is 1. The third-order valence-corrected chi connectivity index (χ3v) is 5.98. The van der Waals surface area contributed by atoms with Crippen LogP contribution in [-0.2, 0) is 15.0 Å². The van der Waals surface area contributed by atoms with Crippen molar-refractivity contribution >= 4 is 23.6 Å². The van der Waals surface area contributed by atoms with Crippen LogP contribution < -0.4 is 9.64 Å². The Bertz CT molecular complexity index is 1170. The lowest BCUT2D eigenvalue weighted by molar-refractivity contribution is -0.153. The topological polar surface area (TPSA) is 66.8 Å². The van der Waals surface area contributed by atoms with Crippen LogP contribution in [0.15, 0.2) is 35.9 Å². The fourth-order valence-corrected chi connectivity index (χ4v) is 4.25. The number of anilines is 1. The number of benzene rings is 2.